The molecule has 2 heterocycles. The summed E-state index contributed by atoms with van der Waals surface area (Å²) in [5.41, 5.74) is 3.58. The van der Waals surface area contributed by atoms with Gasteiger partial charge in [-0.25, -0.2) is 0 Å². The van der Waals surface area contributed by atoms with Gasteiger partial charge in [0.15, 0.2) is 5.82 Å². The summed E-state index contributed by atoms with van der Waals surface area (Å²) >= 11 is 1.59. The molecular weight excluding hydrogens is 368 g/mol. The first-order chi connectivity index (χ1) is 13.5. The van der Waals surface area contributed by atoms with E-state index < -0.39 is 0 Å². The summed E-state index contributed by atoms with van der Waals surface area (Å²) < 4.78 is 7.16. The first-order valence-electron chi connectivity index (χ1n) is 9.50. The molecule has 0 spiro atoms. The van der Waals surface area contributed by atoms with E-state index in [1.165, 1.54) is 11.1 Å². The van der Waals surface area contributed by atoms with Gasteiger partial charge in [-0.2, -0.15) is 9.61 Å². The maximum Gasteiger partial charge on any atom is 0.234 e. The number of nitrogens with zero attached hydrogens (tertiary/aromatic N) is 4. The maximum absolute atomic E-state index is 5.32. The molecule has 2 aromatic carbocycles. The molecule has 0 aliphatic heterocycles. The second-order valence-corrected chi connectivity index (χ2v) is 8.44. The Morgan fingerprint density at radius 1 is 1.04 bits per heavy atom. The van der Waals surface area contributed by atoms with Crippen LogP contribution >= 0.6 is 11.3 Å². The van der Waals surface area contributed by atoms with Gasteiger partial charge in [0.1, 0.15) is 10.8 Å². The standard InChI is InChI=1S/C22H24N4OS/c1-14(2)12-16-8-10-17(11-9-16)15(3)21-25-26-20(23-24-22(26)28-21)18-6-5-7-19(13-18)27-4/h5-11,13-15H,12H2,1-4H3/t15-/m1/s1. The lowest BCUT2D eigenvalue weighted by Gasteiger charge is -2.10. The van der Waals surface area contributed by atoms with E-state index in [2.05, 4.69) is 55.2 Å². The third-order valence-corrected chi connectivity index (χ3v) is 5.91. The highest BCUT2D eigenvalue weighted by Gasteiger charge is 2.18. The topological polar surface area (TPSA) is 52.3 Å². The van der Waals surface area contributed by atoms with Gasteiger partial charge in [0.05, 0.1) is 7.11 Å². The number of rotatable bonds is 6. The van der Waals surface area contributed by atoms with Gasteiger partial charge in [-0.15, -0.1) is 10.2 Å². The van der Waals surface area contributed by atoms with Crippen molar-refractivity contribution in [3.8, 4) is 17.1 Å². The molecule has 0 aliphatic carbocycles. The average Bonchev–Trinajstić information content (AvgIpc) is 3.28. The molecule has 0 saturated heterocycles. The molecule has 4 rings (SSSR count). The van der Waals surface area contributed by atoms with Crippen LogP contribution in [0.5, 0.6) is 5.75 Å². The van der Waals surface area contributed by atoms with Crippen LogP contribution in [-0.2, 0) is 6.42 Å². The Hall–Kier alpha value is -2.73. The van der Waals surface area contributed by atoms with Crippen molar-refractivity contribution in [3.63, 3.8) is 0 Å². The van der Waals surface area contributed by atoms with Gasteiger partial charge in [0.2, 0.25) is 4.96 Å². The van der Waals surface area contributed by atoms with Crippen LogP contribution < -0.4 is 4.74 Å². The number of methoxy groups -OCH3 is 1. The number of aromatic nitrogens is 4. The van der Waals surface area contributed by atoms with Gasteiger partial charge in [0, 0.05) is 11.5 Å². The van der Waals surface area contributed by atoms with Crippen molar-refractivity contribution in [1.82, 2.24) is 19.8 Å². The summed E-state index contributed by atoms with van der Waals surface area (Å²) in [6, 6.07) is 16.7. The minimum absolute atomic E-state index is 0.206. The zero-order chi connectivity index (χ0) is 19.7. The van der Waals surface area contributed by atoms with E-state index in [0.29, 0.717) is 5.92 Å². The zero-order valence-corrected chi connectivity index (χ0v) is 17.4. The van der Waals surface area contributed by atoms with E-state index in [9.17, 15) is 0 Å². The second-order valence-electron chi connectivity index (χ2n) is 7.45. The molecule has 0 N–H and O–H groups in total. The van der Waals surface area contributed by atoms with Gasteiger partial charge in [0.25, 0.3) is 0 Å². The van der Waals surface area contributed by atoms with Crippen LogP contribution in [0, 0.1) is 5.92 Å². The van der Waals surface area contributed by atoms with Crippen molar-refractivity contribution < 1.29 is 4.74 Å². The lowest BCUT2D eigenvalue weighted by atomic mass is 9.97. The normalized spacial score (nSPS) is 12.6. The monoisotopic (exact) mass is 392 g/mol. The lowest BCUT2D eigenvalue weighted by Crippen LogP contribution is -1.99. The van der Waals surface area contributed by atoms with E-state index in [1.807, 2.05) is 28.8 Å². The van der Waals surface area contributed by atoms with Gasteiger partial charge >= 0.3 is 0 Å². The summed E-state index contributed by atoms with van der Waals surface area (Å²) in [5.74, 6) is 2.39. The average molecular weight is 393 g/mol. The Balaban J connectivity index is 1.64. The highest BCUT2D eigenvalue weighted by Crippen LogP contribution is 2.30. The number of ether oxygens (including phenoxy) is 1. The maximum atomic E-state index is 5.32. The third kappa shape index (κ3) is 3.64. The lowest BCUT2D eigenvalue weighted by molar-refractivity contribution is 0.415. The molecule has 0 aliphatic rings. The van der Waals surface area contributed by atoms with Crippen molar-refractivity contribution in [2.75, 3.05) is 7.11 Å². The number of hydrogen-bond acceptors (Lipinski definition) is 5. The molecule has 28 heavy (non-hydrogen) atoms. The summed E-state index contributed by atoms with van der Waals surface area (Å²) in [4.78, 5) is 0.802. The minimum Gasteiger partial charge on any atom is -0.497 e. The van der Waals surface area contributed by atoms with Gasteiger partial charge in [-0.3, -0.25) is 0 Å². The van der Waals surface area contributed by atoms with Crippen LogP contribution in [0.15, 0.2) is 48.5 Å². The van der Waals surface area contributed by atoms with Crippen LogP contribution in [0.3, 0.4) is 0 Å². The van der Waals surface area contributed by atoms with Crippen LogP contribution in [0.1, 0.15) is 42.8 Å². The van der Waals surface area contributed by atoms with Crippen molar-refractivity contribution in [2.24, 2.45) is 5.92 Å². The molecule has 0 radical (unpaired) electrons. The van der Waals surface area contributed by atoms with Gasteiger partial charge in [-0.1, -0.05) is 68.5 Å². The predicted octanol–water partition coefficient (Wildman–Crippen LogP) is 5.21. The molecular formula is C22H24N4OS. The molecule has 0 amide bonds. The first-order valence-corrected chi connectivity index (χ1v) is 10.3. The quantitative estimate of drug-likeness (QED) is 0.452. The SMILES string of the molecule is COc1cccc(-c2nnc3sc([C@H](C)c4ccc(CC(C)C)cc4)nn23)c1. The fourth-order valence-electron chi connectivity index (χ4n) is 3.31. The molecule has 5 nitrogen and oxygen atoms in total. The van der Waals surface area contributed by atoms with E-state index in [0.717, 1.165) is 33.5 Å². The smallest absolute Gasteiger partial charge is 0.234 e. The molecule has 6 heteroatoms. The summed E-state index contributed by atoms with van der Waals surface area (Å²) in [6.45, 7) is 6.68. The van der Waals surface area contributed by atoms with Gasteiger partial charge < -0.3 is 4.74 Å². The molecule has 0 fully saturated rings. The van der Waals surface area contributed by atoms with Crippen LogP contribution in [-0.4, -0.2) is 26.9 Å². The predicted molar refractivity (Wildman–Crippen MR) is 113 cm³/mol. The molecule has 0 saturated carbocycles. The Morgan fingerprint density at radius 3 is 2.54 bits per heavy atom. The van der Waals surface area contributed by atoms with E-state index in [-0.39, 0.29) is 5.92 Å². The van der Waals surface area contributed by atoms with Crippen LogP contribution in [0.4, 0.5) is 0 Å². The van der Waals surface area contributed by atoms with Crippen molar-refractivity contribution in [2.45, 2.75) is 33.1 Å². The van der Waals surface area contributed by atoms with Crippen LogP contribution in [0.25, 0.3) is 16.3 Å². The molecule has 2 aromatic heterocycles. The first kappa shape index (κ1) is 18.6. The number of benzene rings is 2. The molecule has 144 valence electrons. The Labute approximate surface area is 169 Å². The molecule has 4 aromatic rings. The van der Waals surface area contributed by atoms with Gasteiger partial charge in [-0.05, 0) is 35.6 Å². The van der Waals surface area contributed by atoms with E-state index >= 15 is 0 Å². The summed E-state index contributed by atoms with van der Waals surface area (Å²) in [5, 5.41) is 14.5. The second kappa shape index (κ2) is 7.72. The highest BCUT2D eigenvalue weighted by molar-refractivity contribution is 7.16. The van der Waals surface area contributed by atoms with Crippen molar-refractivity contribution in [3.05, 3.63) is 64.7 Å². The Morgan fingerprint density at radius 2 is 1.82 bits per heavy atom. The minimum atomic E-state index is 0.206. The van der Waals surface area contributed by atoms with Crippen molar-refractivity contribution in [1.29, 1.82) is 0 Å². The Bertz CT molecular complexity index is 1080. The zero-order valence-electron chi connectivity index (χ0n) is 16.6. The van der Waals surface area contributed by atoms with Crippen molar-refractivity contribution >= 4 is 16.3 Å². The largest absolute Gasteiger partial charge is 0.497 e. The van der Waals surface area contributed by atoms with E-state index in [1.54, 1.807) is 18.4 Å². The van der Waals surface area contributed by atoms with E-state index in [4.69, 9.17) is 9.84 Å². The number of hydrogen-bond donors (Lipinski definition) is 0. The summed E-state index contributed by atoms with van der Waals surface area (Å²) in [6.07, 6.45) is 1.11. The third-order valence-electron chi connectivity index (χ3n) is 4.83. The van der Waals surface area contributed by atoms with Crippen LogP contribution in [0.2, 0.25) is 0 Å². The number of fused-ring (bicyclic) bond motifs is 1. The fourth-order valence-corrected chi connectivity index (χ4v) is 4.22. The highest BCUT2D eigenvalue weighted by atomic mass is 32.1. The molecule has 0 unspecified atom stereocenters. The molecule has 1 atom stereocenters. The fraction of sp³-hybridized carbons (Fsp3) is 0.318. The Kier molecular flexibility index (Phi) is 5.13. The molecule has 0 bridgehead atoms. The summed E-state index contributed by atoms with van der Waals surface area (Å²) in [7, 11) is 1.66.